The highest BCUT2D eigenvalue weighted by Crippen LogP contribution is 2.21. The van der Waals surface area contributed by atoms with Gasteiger partial charge in [-0.1, -0.05) is 6.92 Å². The van der Waals surface area contributed by atoms with Gasteiger partial charge in [0.05, 0.1) is 29.8 Å². The van der Waals surface area contributed by atoms with Crippen LogP contribution in [0.2, 0.25) is 0 Å². The highest BCUT2D eigenvalue weighted by Gasteiger charge is 2.07. The second-order valence-corrected chi connectivity index (χ2v) is 4.53. The lowest BCUT2D eigenvalue weighted by Gasteiger charge is -2.04. The van der Waals surface area contributed by atoms with Gasteiger partial charge in [0.1, 0.15) is 0 Å². The predicted molar refractivity (Wildman–Crippen MR) is 74.7 cm³/mol. The van der Waals surface area contributed by atoms with Crippen LogP contribution in [0, 0.1) is 6.92 Å². The lowest BCUT2D eigenvalue weighted by Crippen LogP contribution is -1.96. The fourth-order valence-electron chi connectivity index (χ4n) is 2.01. The molecule has 0 saturated heterocycles. The van der Waals surface area contributed by atoms with E-state index >= 15 is 0 Å². The zero-order valence-corrected chi connectivity index (χ0v) is 11.4. The van der Waals surface area contributed by atoms with Crippen molar-refractivity contribution in [3.05, 3.63) is 36.5 Å². The minimum Gasteiger partial charge on any atom is -0.421 e. The first-order chi connectivity index (χ1) is 9.76. The highest BCUT2D eigenvalue weighted by atomic mass is 16.5. The molecule has 3 rings (SSSR count). The molecule has 0 saturated carbocycles. The van der Waals surface area contributed by atoms with E-state index < -0.39 is 0 Å². The van der Waals surface area contributed by atoms with Crippen molar-refractivity contribution in [1.82, 2.24) is 24.7 Å². The van der Waals surface area contributed by atoms with Crippen LogP contribution in [0.5, 0.6) is 11.8 Å². The van der Waals surface area contributed by atoms with Gasteiger partial charge in [-0.15, -0.1) is 0 Å². The van der Waals surface area contributed by atoms with Crippen molar-refractivity contribution in [2.24, 2.45) is 0 Å². The summed E-state index contributed by atoms with van der Waals surface area (Å²) in [4.78, 5) is 12.8. The standard InChI is InChI=1S/C14H15N5O/c1-3-6-19-9-11(7-16-19)20-14-17-10(2)12-4-5-15-8-13(12)18-14/h4-5,7-9H,3,6H2,1-2H3. The highest BCUT2D eigenvalue weighted by molar-refractivity contribution is 5.79. The molecular weight excluding hydrogens is 254 g/mol. The largest absolute Gasteiger partial charge is 0.421 e. The number of hydrogen-bond donors (Lipinski definition) is 0. The van der Waals surface area contributed by atoms with Crippen molar-refractivity contribution in [2.75, 3.05) is 0 Å². The van der Waals surface area contributed by atoms with Crippen molar-refractivity contribution < 1.29 is 4.74 Å². The molecule has 0 fully saturated rings. The van der Waals surface area contributed by atoms with Crippen molar-refractivity contribution >= 4 is 10.9 Å². The van der Waals surface area contributed by atoms with Crippen LogP contribution in [-0.4, -0.2) is 24.7 Å². The molecule has 6 heteroatoms. The van der Waals surface area contributed by atoms with Gasteiger partial charge in [-0.3, -0.25) is 9.67 Å². The van der Waals surface area contributed by atoms with Crippen LogP contribution < -0.4 is 4.74 Å². The SMILES string of the molecule is CCCn1cc(Oc2nc(C)c3ccncc3n2)cn1. The van der Waals surface area contributed by atoms with E-state index in [9.17, 15) is 0 Å². The molecule has 6 nitrogen and oxygen atoms in total. The van der Waals surface area contributed by atoms with Gasteiger partial charge in [0.2, 0.25) is 0 Å². The van der Waals surface area contributed by atoms with E-state index in [1.807, 2.05) is 23.9 Å². The lowest BCUT2D eigenvalue weighted by molar-refractivity contribution is 0.441. The number of aromatic nitrogens is 5. The Morgan fingerprint density at radius 3 is 3.00 bits per heavy atom. The minimum absolute atomic E-state index is 0.319. The summed E-state index contributed by atoms with van der Waals surface area (Å²) in [5.74, 6) is 0.640. The van der Waals surface area contributed by atoms with Crippen LogP contribution in [0.4, 0.5) is 0 Å². The third-order valence-corrected chi connectivity index (χ3v) is 2.94. The van der Waals surface area contributed by atoms with E-state index in [-0.39, 0.29) is 0 Å². The maximum absolute atomic E-state index is 5.66. The van der Waals surface area contributed by atoms with Crippen LogP contribution >= 0.6 is 0 Å². The number of ether oxygens (including phenoxy) is 1. The summed E-state index contributed by atoms with van der Waals surface area (Å²) in [5, 5.41) is 5.19. The number of pyridine rings is 1. The van der Waals surface area contributed by atoms with Crippen LogP contribution in [0.1, 0.15) is 19.0 Å². The van der Waals surface area contributed by atoms with E-state index in [4.69, 9.17) is 4.74 Å². The first-order valence-corrected chi connectivity index (χ1v) is 6.55. The fraction of sp³-hybridized carbons (Fsp3) is 0.286. The molecule has 0 bridgehead atoms. The van der Waals surface area contributed by atoms with E-state index in [1.165, 1.54) is 0 Å². The van der Waals surface area contributed by atoms with Crippen molar-refractivity contribution in [2.45, 2.75) is 26.8 Å². The summed E-state index contributed by atoms with van der Waals surface area (Å²) in [6.07, 6.45) is 7.97. The molecule has 3 aromatic heterocycles. The molecule has 0 unspecified atom stereocenters. The normalized spacial score (nSPS) is 10.9. The third-order valence-electron chi connectivity index (χ3n) is 2.94. The first-order valence-electron chi connectivity index (χ1n) is 6.55. The molecule has 3 heterocycles. The Hall–Kier alpha value is -2.50. The van der Waals surface area contributed by atoms with Crippen LogP contribution in [0.3, 0.4) is 0 Å². The molecule has 0 aliphatic heterocycles. The Kier molecular flexibility index (Phi) is 3.28. The van der Waals surface area contributed by atoms with Gasteiger partial charge in [0, 0.05) is 18.1 Å². The second kappa shape index (κ2) is 5.24. The monoisotopic (exact) mass is 269 g/mol. The summed E-state index contributed by atoms with van der Waals surface area (Å²) < 4.78 is 7.50. The topological polar surface area (TPSA) is 65.7 Å². The molecule has 20 heavy (non-hydrogen) atoms. The molecule has 0 aliphatic carbocycles. The molecule has 0 N–H and O–H groups in total. The fourth-order valence-corrected chi connectivity index (χ4v) is 2.01. The molecule has 0 aromatic carbocycles. The molecule has 102 valence electrons. The Morgan fingerprint density at radius 2 is 2.15 bits per heavy atom. The van der Waals surface area contributed by atoms with Gasteiger partial charge in [0.25, 0.3) is 0 Å². The molecular formula is C14H15N5O. The predicted octanol–water partition coefficient (Wildman–Crippen LogP) is 2.73. The Morgan fingerprint density at radius 1 is 1.25 bits per heavy atom. The first kappa shape index (κ1) is 12.5. The van der Waals surface area contributed by atoms with Gasteiger partial charge < -0.3 is 4.74 Å². The summed E-state index contributed by atoms with van der Waals surface area (Å²) in [7, 11) is 0. The molecule has 0 atom stereocenters. The zero-order valence-electron chi connectivity index (χ0n) is 11.4. The Bertz CT molecular complexity index is 737. The number of hydrogen-bond acceptors (Lipinski definition) is 5. The van der Waals surface area contributed by atoms with Gasteiger partial charge in [0.15, 0.2) is 5.75 Å². The summed E-state index contributed by atoms with van der Waals surface area (Å²) >= 11 is 0. The number of rotatable bonds is 4. The maximum Gasteiger partial charge on any atom is 0.322 e. The van der Waals surface area contributed by atoms with E-state index in [1.54, 1.807) is 18.6 Å². The number of fused-ring (bicyclic) bond motifs is 1. The van der Waals surface area contributed by atoms with Crippen molar-refractivity contribution in [3.8, 4) is 11.8 Å². The molecule has 0 amide bonds. The third kappa shape index (κ3) is 2.45. The van der Waals surface area contributed by atoms with E-state index in [0.29, 0.717) is 11.8 Å². The maximum atomic E-state index is 5.66. The quantitative estimate of drug-likeness (QED) is 0.728. The van der Waals surface area contributed by atoms with Gasteiger partial charge in [-0.2, -0.15) is 15.1 Å². The molecule has 3 aromatic rings. The average Bonchev–Trinajstić information content (AvgIpc) is 2.87. The van der Waals surface area contributed by atoms with E-state index in [2.05, 4.69) is 27.0 Å². The molecule has 0 spiro atoms. The van der Waals surface area contributed by atoms with Gasteiger partial charge in [-0.05, 0) is 19.4 Å². The number of aryl methyl sites for hydroxylation is 2. The minimum atomic E-state index is 0.319. The summed E-state index contributed by atoms with van der Waals surface area (Å²) in [6.45, 7) is 4.90. The molecule has 0 radical (unpaired) electrons. The van der Waals surface area contributed by atoms with Crippen LogP contribution in [-0.2, 0) is 6.54 Å². The van der Waals surface area contributed by atoms with E-state index in [0.717, 1.165) is 29.6 Å². The van der Waals surface area contributed by atoms with Crippen molar-refractivity contribution in [3.63, 3.8) is 0 Å². The zero-order chi connectivity index (χ0) is 13.9. The summed E-state index contributed by atoms with van der Waals surface area (Å²) in [6, 6.07) is 2.22. The van der Waals surface area contributed by atoms with Crippen LogP contribution in [0.15, 0.2) is 30.9 Å². The van der Waals surface area contributed by atoms with Crippen molar-refractivity contribution in [1.29, 1.82) is 0 Å². The smallest absolute Gasteiger partial charge is 0.322 e. The van der Waals surface area contributed by atoms with Gasteiger partial charge >= 0.3 is 6.01 Å². The Labute approximate surface area is 116 Å². The van der Waals surface area contributed by atoms with Crippen LogP contribution in [0.25, 0.3) is 10.9 Å². The molecule has 0 aliphatic rings. The summed E-state index contributed by atoms with van der Waals surface area (Å²) in [5.41, 5.74) is 1.64. The lowest BCUT2D eigenvalue weighted by atomic mass is 10.2. The number of nitrogens with zero attached hydrogens (tertiary/aromatic N) is 5. The van der Waals surface area contributed by atoms with Gasteiger partial charge in [-0.25, -0.2) is 0 Å². The Balaban J connectivity index is 1.90. The average molecular weight is 269 g/mol. The second-order valence-electron chi connectivity index (χ2n) is 4.53.